The number of sulfonamides is 1. The first-order valence-electron chi connectivity index (χ1n) is 8.76. The van der Waals surface area contributed by atoms with Crippen molar-refractivity contribution in [1.82, 2.24) is 5.32 Å². The summed E-state index contributed by atoms with van der Waals surface area (Å²) in [7, 11) is -2.23. The largest absolute Gasteiger partial charge is 0.465 e. The molecule has 26 heavy (non-hydrogen) atoms. The van der Waals surface area contributed by atoms with Crippen molar-refractivity contribution < 1.29 is 22.7 Å². The van der Waals surface area contributed by atoms with Crippen molar-refractivity contribution in [3.63, 3.8) is 0 Å². The summed E-state index contributed by atoms with van der Waals surface area (Å²) in [4.78, 5) is 23.7. The monoisotopic (exact) mass is 382 g/mol. The molecule has 0 atom stereocenters. The molecular formula is C18H26N2O5S. The number of ether oxygens (including phenoxy) is 1. The predicted molar refractivity (Wildman–Crippen MR) is 99.6 cm³/mol. The quantitative estimate of drug-likeness (QED) is 0.728. The Hall–Kier alpha value is -2.09. The van der Waals surface area contributed by atoms with E-state index >= 15 is 0 Å². The van der Waals surface area contributed by atoms with E-state index in [1.165, 1.54) is 30.0 Å². The molecule has 0 aliphatic heterocycles. The lowest BCUT2D eigenvalue weighted by Crippen LogP contribution is -2.40. The minimum atomic E-state index is -3.51. The number of methoxy groups -OCH3 is 1. The minimum absolute atomic E-state index is 0.000750. The normalized spacial score (nSPS) is 15.3. The summed E-state index contributed by atoms with van der Waals surface area (Å²) in [6.45, 7) is 0.371. The second kappa shape index (κ2) is 9.02. The van der Waals surface area contributed by atoms with E-state index in [1.807, 2.05) is 0 Å². The van der Waals surface area contributed by atoms with Gasteiger partial charge in [0.05, 0.1) is 31.2 Å². The Labute approximate surface area is 154 Å². The molecule has 0 heterocycles. The number of amides is 1. The van der Waals surface area contributed by atoms with Crippen LogP contribution >= 0.6 is 0 Å². The second-order valence-corrected chi connectivity index (χ2v) is 8.41. The molecule has 1 aliphatic rings. The highest BCUT2D eigenvalue weighted by molar-refractivity contribution is 7.92. The number of hydrogen-bond acceptors (Lipinski definition) is 5. The van der Waals surface area contributed by atoms with E-state index in [-0.39, 0.29) is 24.9 Å². The fourth-order valence-electron chi connectivity index (χ4n) is 3.16. The van der Waals surface area contributed by atoms with Crippen LogP contribution in [0.4, 0.5) is 5.69 Å². The molecule has 0 aromatic heterocycles. The zero-order valence-corrected chi connectivity index (χ0v) is 16.0. The Morgan fingerprint density at radius 2 is 1.77 bits per heavy atom. The van der Waals surface area contributed by atoms with Crippen molar-refractivity contribution >= 4 is 27.6 Å². The topological polar surface area (TPSA) is 92.8 Å². The van der Waals surface area contributed by atoms with Crippen molar-refractivity contribution in [2.24, 2.45) is 5.92 Å². The van der Waals surface area contributed by atoms with Crippen LogP contribution in [0.5, 0.6) is 0 Å². The molecule has 1 N–H and O–H groups in total. The number of benzene rings is 1. The summed E-state index contributed by atoms with van der Waals surface area (Å²) in [5.74, 6) is -0.448. The Morgan fingerprint density at radius 3 is 2.31 bits per heavy atom. The van der Waals surface area contributed by atoms with Crippen molar-refractivity contribution in [3.05, 3.63) is 29.8 Å². The van der Waals surface area contributed by atoms with E-state index in [4.69, 9.17) is 0 Å². The first-order chi connectivity index (χ1) is 12.3. The van der Waals surface area contributed by atoms with Crippen molar-refractivity contribution in [1.29, 1.82) is 0 Å². The summed E-state index contributed by atoms with van der Waals surface area (Å²) >= 11 is 0. The smallest absolute Gasteiger partial charge is 0.337 e. The molecule has 1 saturated carbocycles. The van der Waals surface area contributed by atoms with Crippen LogP contribution in [0.25, 0.3) is 0 Å². The third-order valence-corrected chi connectivity index (χ3v) is 5.76. The summed E-state index contributed by atoms with van der Waals surface area (Å²) in [6.07, 6.45) is 6.23. The first kappa shape index (κ1) is 20.2. The highest BCUT2D eigenvalue weighted by Crippen LogP contribution is 2.23. The third-order valence-electron chi connectivity index (χ3n) is 4.57. The fourth-order valence-corrected chi connectivity index (χ4v) is 4.09. The number of nitrogens with zero attached hydrogens (tertiary/aromatic N) is 1. The van der Waals surface area contributed by atoms with Gasteiger partial charge < -0.3 is 10.1 Å². The van der Waals surface area contributed by atoms with Crippen molar-refractivity contribution in [2.75, 3.05) is 30.8 Å². The number of rotatable bonds is 7. The van der Waals surface area contributed by atoms with Crippen LogP contribution in [-0.2, 0) is 19.6 Å². The van der Waals surface area contributed by atoms with E-state index in [0.717, 1.165) is 31.9 Å². The number of carbonyl (C=O) groups excluding carboxylic acids is 2. The fraction of sp³-hybridized carbons (Fsp3) is 0.556. The molecule has 1 aromatic carbocycles. The van der Waals surface area contributed by atoms with Crippen LogP contribution in [0.3, 0.4) is 0 Å². The van der Waals surface area contributed by atoms with Gasteiger partial charge in [-0.25, -0.2) is 13.2 Å². The van der Waals surface area contributed by atoms with E-state index in [0.29, 0.717) is 11.3 Å². The third kappa shape index (κ3) is 5.45. The van der Waals surface area contributed by atoms with Crippen LogP contribution < -0.4 is 9.62 Å². The maximum absolute atomic E-state index is 12.2. The molecule has 0 spiro atoms. The average molecular weight is 382 g/mol. The Bertz CT molecular complexity index is 724. The van der Waals surface area contributed by atoms with Crippen LogP contribution in [0.15, 0.2) is 24.3 Å². The highest BCUT2D eigenvalue weighted by Gasteiger charge is 2.22. The van der Waals surface area contributed by atoms with Gasteiger partial charge in [0.2, 0.25) is 15.9 Å². The van der Waals surface area contributed by atoms with Gasteiger partial charge in [0.25, 0.3) is 0 Å². The van der Waals surface area contributed by atoms with E-state index in [9.17, 15) is 18.0 Å². The molecule has 1 aliphatic carbocycles. The van der Waals surface area contributed by atoms with Crippen molar-refractivity contribution in [2.45, 2.75) is 32.1 Å². The number of anilines is 1. The van der Waals surface area contributed by atoms with Crippen LogP contribution in [0.1, 0.15) is 42.5 Å². The Balaban J connectivity index is 1.99. The zero-order valence-electron chi connectivity index (χ0n) is 15.2. The van der Waals surface area contributed by atoms with Crippen LogP contribution in [0.2, 0.25) is 0 Å². The van der Waals surface area contributed by atoms with Gasteiger partial charge in [-0.1, -0.05) is 19.3 Å². The highest BCUT2D eigenvalue weighted by atomic mass is 32.2. The van der Waals surface area contributed by atoms with E-state index in [2.05, 4.69) is 10.1 Å². The summed E-state index contributed by atoms with van der Waals surface area (Å²) in [5, 5.41) is 2.84. The molecule has 8 heteroatoms. The lowest BCUT2D eigenvalue weighted by molar-refractivity contribution is -0.125. The molecule has 0 unspecified atom stereocenters. The van der Waals surface area contributed by atoms with Crippen LogP contribution in [0, 0.1) is 5.92 Å². The summed E-state index contributed by atoms with van der Waals surface area (Å²) in [5.41, 5.74) is 0.780. The minimum Gasteiger partial charge on any atom is -0.465 e. The van der Waals surface area contributed by atoms with Crippen molar-refractivity contribution in [3.8, 4) is 0 Å². The predicted octanol–water partition coefficient (Wildman–Crippen LogP) is 1.94. The molecule has 0 saturated heterocycles. The summed E-state index contributed by atoms with van der Waals surface area (Å²) < 4.78 is 30.1. The zero-order chi connectivity index (χ0) is 19.2. The van der Waals surface area contributed by atoms with E-state index < -0.39 is 16.0 Å². The molecule has 1 amide bonds. The lowest BCUT2D eigenvalue weighted by Gasteiger charge is -2.24. The number of esters is 1. The van der Waals surface area contributed by atoms with E-state index in [1.54, 1.807) is 12.1 Å². The first-order valence-corrected chi connectivity index (χ1v) is 10.6. The lowest BCUT2D eigenvalue weighted by atomic mass is 9.89. The SMILES string of the molecule is COC(=O)c1ccc(N(CCNC(=O)C2CCCCC2)S(C)(=O)=O)cc1. The van der Waals surface area contributed by atoms with Gasteiger partial charge in [0.1, 0.15) is 0 Å². The molecule has 1 fully saturated rings. The van der Waals surface area contributed by atoms with Gasteiger partial charge in [-0.2, -0.15) is 0 Å². The molecule has 1 aromatic rings. The van der Waals surface area contributed by atoms with Gasteiger partial charge >= 0.3 is 5.97 Å². The molecule has 144 valence electrons. The number of hydrogen-bond donors (Lipinski definition) is 1. The van der Waals surface area contributed by atoms with Gasteiger partial charge in [0.15, 0.2) is 0 Å². The van der Waals surface area contributed by atoms with Gasteiger partial charge in [-0.3, -0.25) is 9.10 Å². The number of carbonyl (C=O) groups is 2. The standard InChI is InChI=1S/C18H26N2O5S/c1-25-18(22)15-8-10-16(11-9-15)20(26(2,23)24)13-12-19-17(21)14-6-4-3-5-7-14/h8-11,14H,3-7,12-13H2,1-2H3,(H,19,21). The molecule has 0 radical (unpaired) electrons. The van der Waals surface area contributed by atoms with Gasteiger partial charge in [-0.05, 0) is 37.1 Å². The molecule has 0 bridgehead atoms. The maximum atomic E-state index is 12.2. The van der Waals surface area contributed by atoms with Gasteiger partial charge in [0, 0.05) is 12.5 Å². The maximum Gasteiger partial charge on any atom is 0.337 e. The van der Waals surface area contributed by atoms with Crippen LogP contribution in [-0.4, -0.2) is 46.7 Å². The summed E-state index contributed by atoms with van der Waals surface area (Å²) in [6, 6.07) is 6.13. The van der Waals surface area contributed by atoms with Gasteiger partial charge in [-0.15, -0.1) is 0 Å². The Kier molecular flexibility index (Phi) is 7.02. The second-order valence-electron chi connectivity index (χ2n) is 6.50. The number of nitrogens with one attached hydrogen (secondary N) is 1. The Morgan fingerprint density at radius 1 is 1.15 bits per heavy atom. The molecule has 7 nitrogen and oxygen atoms in total. The molecule has 2 rings (SSSR count). The molecular weight excluding hydrogens is 356 g/mol. The average Bonchev–Trinajstić information content (AvgIpc) is 2.64.